The van der Waals surface area contributed by atoms with Crippen molar-refractivity contribution in [3.05, 3.63) is 35.6 Å². The van der Waals surface area contributed by atoms with Crippen molar-refractivity contribution in [3.8, 4) is 0 Å². The van der Waals surface area contributed by atoms with E-state index < -0.39 is 9.84 Å². The predicted molar refractivity (Wildman–Crippen MR) is 94.3 cm³/mol. The lowest BCUT2D eigenvalue weighted by Crippen LogP contribution is -2.39. The molecule has 0 heterocycles. The molecule has 0 bridgehead atoms. The Morgan fingerprint density at radius 3 is 2.62 bits per heavy atom. The smallest absolute Gasteiger partial charge is 0.191 e. The summed E-state index contributed by atoms with van der Waals surface area (Å²) >= 11 is 0. The lowest BCUT2D eigenvalue weighted by Gasteiger charge is -2.10. The van der Waals surface area contributed by atoms with E-state index in [1.165, 1.54) is 18.4 Å². The van der Waals surface area contributed by atoms with Gasteiger partial charge in [-0.15, -0.1) is 24.0 Å². The van der Waals surface area contributed by atoms with E-state index in [1.807, 2.05) is 6.92 Å². The van der Waals surface area contributed by atoms with Gasteiger partial charge in [0.25, 0.3) is 0 Å². The van der Waals surface area contributed by atoms with Crippen LogP contribution in [0.2, 0.25) is 0 Å². The molecule has 0 aliphatic carbocycles. The number of hydrogen-bond acceptors (Lipinski definition) is 3. The number of nitrogens with one attached hydrogen (secondary N) is 2. The molecule has 0 saturated heterocycles. The summed E-state index contributed by atoms with van der Waals surface area (Å²) in [5.41, 5.74) is 0.755. The maximum Gasteiger partial charge on any atom is 0.191 e. The molecule has 0 aliphatic heterocycles. The molecular weight excluding hydrogens is 408 g/mol. The van der Waals surface area contributed by atoms with E-state index in [-0.39, 0.29) is 42.1 Å². The second-order valence-corrected chi connectivity index (χ2v) is 6.64. The van der Waals surface area contributed by atoms with E-state index in [2.05, 4.69) is 15.6 Å². The van der Waals surface area contributed by atoms with Crippen LogP contribution in [0.3, 0.4) is 0 Å². The summed E-state index contributed by atoms with van der Waals surface area (Å²) in [7, 11) is -3.00. The van der Waals surface area contributed by atoms with Gasteiger partial charge in [-0.25, -0.2) is 17.8 Å². The molecule has 0 atom stereocenters. The van der Waals surface area contributed by atoms with Crippen molar-refractivity contribution in [1.82, 2.24) is 10.6 Å². The van der Waals surface area contributed by atoms with Gasteiger partial charge >= 0.3 is 0 Å². The Morgan fingerprint density at radius 1 is 1.33 bits per heavy atom. The first-order valence-corrected chi connectivity index (χ1v) is 8.41. The van der Waals surface area contributed by atoms with Crippen molar-refractivity contribution in [2.75, 3.05) is 25.1 Å². The zero-order valence-electron chi connectivity index (χ0n) is 12.1. The molecule has 5 nitrogen and oxygen atoms in total. The Labute approximate surface area is 142 Å². The minimum atomic E-state index is -3.00. The predicted octanol–water partition coefficient (Wildman–Crippen LogP) is 1.54. The number of sulfone groups is 1. The van der Waals surface area contributed by atoms with Crippen LogP contribution in [0.25, 0.3) is 0 Å². The third kappa shape index (κ3) is 9.62. The average Bonchev–Trinajstić information content (AvgIpc) is 2.34. The topological polar surface area (TPSA) is 70.6 Å². The SMILES string of the molecule is CCNC(=NCc1cccc(F)c1)NCCS(C)(=O)=O.I. The third-order valence-electron chi connectivity index (χ3n) is 2.42. The Morgan fingerprint density at radius 2 is 2.05 bits per heavy atom. The van der Waals surface area contributed by atoms with E-state index in [4.69, 9.17) is 0 Å². The highest BCUT2D eigenvalue weighted by Gasteiger charge is 2.03. The Hall–Kier alpha value is -0.900. The standard InChI is InChI=1S/C13H20FN3O2S.HI/c1-3-15-13(16-7-8-20(2,18)19)17-10-11-5-4-6-12(14)9-11;/h4-6,9H,3,7-8,10H2,1-2H3,(H2,15,16,17);1H. The summed E-state index contributed by atoms with van der Waals surface area (Å²) in [5.74, 6) is 0.255. The van der Waals surface area contributed by atoms with Crippen molar-refractivity contribution >= 4 is 39.8 Å². The van der Waals surface area contributed by atoms with Crippen molar-refractivity contribution < 1.29 is 12.8 Å². The molecule has 120 valence electrons. The van der Waals surface area contributed by atoms with Crippen LogP contribution in [0.4, 0.5) is 4.39 Å². The van der Waals surface area contributed by atoms with Crippen LogP contribution in [-0.2, 0) is 16.4 Å². The average molecular weight is 429 g/mol. The van der Waals surface area contributed by atoms with Crippen molar-refractivity contribution in [2.24, 2.45) is 4.99 Å². The fourth-order valence-electron chi connectivity index (χ4n) is 1.50. The molecule has 21 heavy (non-hydrogen) atoms. The number of guanidine groups is 1. The normalized spacial score (nSPS) is 11.7. The largest absolute Gasteiger partial charge is 0.357 e. The first-order chi connectivity index (χ1) is 9.40. The van der Waals surface area contributed by atoms with Gasteiger partial charge in [0.05, 0.1) is 12.3 Å². The number of rotatable bonds is 6. The highest BCUT2D eigenvalue weighted by molar-refractivity contribution is 14.0. The third-order valence-corrected chi connectivity index (χ3v) is 3.36. The molecule has 0 fully saturated rings. The van der Waals surface area contributed by atoms with Gasteiger partial charge in [-0.1, -0.05) is 12.1 Å². The molecule has 0 aromatic heterocycles. The van der Waals surface area contributed by atoms with Gasteiger partial charge in [0.1, 0.15) is 15.7 Å². The first kappa shape index (κ1) is 20.1. The van der Waals surface area contributed by atoms with Gasteiger partial charge in [-0.05, 0) is 24.6 Å². The molecule has 0 radical (unpaired) electrons. The summed E-state index contributed by atoms with van der Waals surface area (Å²) in [6.45, 7) is 3.18. The quantitative estimate of drug-likeness (QED) is 0.409. The molecule has 8 heteroatoms. The van der Waals surface area contributed by atoms with Gasteiger partial charge in [0, 0.05) is 19.3 Å². The second kappa shape index (κ2) is 9.93. The van der Waals surface area contributed by atoms with Crippen LogP contribution in [-0.4, -0.2) is 39.5 Å². The maximum absolute atomic E-state index is 13.0. The van der Waals surface area contributed by atoms with Gasteiger partial charge in [-0.2, -0.15) is 0 Å². The van der Waals surface area contributed by atoms with Crippen LogP contribution in [0.1, 0.15) is 12.5 Å². The summed E-state index contributed by atoms with van der Waals surface area (Å²) in [4.78, 5) is 4.28. The monoisotopic (exact) mass is 429 g/mol. The zero-order chi connectivity index (χ0) is 15.0. The zero-order valence-corrected chi connectivity index (χ0v) is 15.2. The molecule has 0 spiro atoms. The van der Waals surface area contributed by atoms with E-state index >= 15 is 0 Å². The maximum atomic E-state index is 13.0. The highest BCUT2D eigenvalue weighted by Crippen LogP contribution is 2.04. The molecule has 0 unspecified atom stereocenters. The number of halogens is 2. The molecule has 0 aliphatic rings. The van der Waals surface area contributed by atoms with Crippen LogP contribution in [0.5, 0.6) is 0 Å². The number of hydrogen-bond donors (Lipinski definition) is 2. The lowest BCUT2D eigenvalue weighted by atomic mass is 10.2. The molecule has 1 aromatic rings. The Kier molecular flexibility index (Phi) is 9.51. The minimum Gasteiger partial charge on any atom is -0.357 e. The fourth-order valence-corrected chi connectivity index (χ4v) is 1.98. The summed E-state index contributed by atoms with van der Waals surface area (Å²) in [6.07, 6.45) is 1.19. The van der Waals surface area contributed by atoms with Gasteiger partial charge in [0.2, 0.25) is 0 Å². The van der Waals surface area contributed by atoms with Crippen LogP contribution in [0, 0.1) is 5.82 Å². The van der Waals surface area contributed by atoms with E-state index in [0.717, 1.165) is 5.56 Å². The summed E-state index contributed by atoms with van der Waals surface area (Å²) in [6, 6.07) is 6.21. The lowest BCUT2D eigenvalue weighted by molar-refractivity contribution is 0.600. The molecule has 1 aromatic carbocycles. The van der Waals surface area contributed by atoms with Crippen LogP contribution < -0.4 is 10.6 Å². The van der Waals surface area contributed by atoms with Crippen LogP contribution in [0.15, 0.2) is 29.3 Å². The Bertz CT molecular complexity index is 564. The van der Waals surface area contributed by atoms with Gasteiger partial charge in [0.15, 0.2) is 5.96 Å². The highest BCUT2D eigenvalue weighted by atomic mass is 127. The van der Waals surface area contributed by atoms with E-state index in [9.17, 15) is 12.8 Å². The van der Waals surface area contributed by atoms with E-state index in [0.29, 0.717) is 19.0 Å². The first-order valence-electron chi connectivity index (χ1n) is 6.35. The van der Waals surface area contributed by atoms with Crippen LogP contribution >= 0.6 is 24.0 Å². The number of benzene rings is 1. The van der Waals surface area contributed by atoms with Crippen molar-refractivity contribution in [3.63, 3.8) is 0 Å². The summed E-state index contributed by atoms with van der Waals surface area (Å²) < 4.78 is 35.1. The molecular formula is C13H21FIN3O2S. The minimum absolute atomic E-state index is 0. The molecule has 1 rings (SSSR count). The molecule has 0 saturated carbocycles. The molecule has 0 amide bonds. The van der Waals surface area contributed by atoms with E-state index in [1.54, 1.807) is 12.1 Å². The fraction of sp³-hybridized carbons (Fsp3) is 0.462. The number of aliphatic imine (C=N–C) groups is 1. The van der Waals surface area contributed by atoms with Gasteiger partial charge in [-0.3, -0.25) is 0 Å². The number of nitrogens with zero attached hydrogens (tertiary/aromatic N) is 1. The van der Waals surface area contributed by atoms with Gasteiger partial charge < -0.3 is 10.6 Å². The van der Waals surface area contributed by atoms with Crippen molar-refractivity contribution in [2.45, 2.75) is 13.5 Å². The van der Waals surface area contributed by atoms with Crippen molar-refractivity contribution in [1.29, 1.82) is 0 Å². The second-order valence-electron chi connectivity index (χ2n) is 4.38. The molecule has 2 N–H and O–H groups in total. The summed E-state index contributed by atoms with van der Waals surface area (Å²) in [5, 5.41) is 5.93. The Balaban J connectivity index is 0.00000400.